The average Bonchev–Trinajstić information content (AvgIpc) is 2.87. The van der Waals surface area contributed by atoms with E-state index >= 15 is 0 Å². The maximum Gasteiger partial charge on any atom is 0.191 e. The summed E-state index contributed by atoms with van der Waals surface area (Å²) in [6.45, 7) is 0.193. The first-order chi connectivity index (χ1) is 15.7. The second-order valence-electron chi connectivity index (χ2n) is 7.67. The summed E-state index contributed by atoms with van der Waals surface area (Å²) in [5.74, 6) is -0.935. The van der Waals surface area contributed by atoms with E-state index in [0.717, 1.165) is 11.1 Å². The van der Waals surface area contributed by atoms with E-state index in [0.29, 0.717) is 6.42 Å². The molecule has 0 unspecified atom stereocenters. The van der Waals surface area contributed by atoms with Crippen LogP contribution in [0, 0.1) is 0 Å². The van der Waals surface area contributed by atoms with Gasteiger partial charge in [-0.3, -0.25) is 0 Å². The van der Waals surface area contributed by atoms with Crippen molar-refractivity contribution < 1.29 is 19.7 Å². The summed E-state index contributed by atoms with van der Waals surface area (Å²) in [6.07, 6.45) is 6.42. The maximum absolute atomic E-state index is 9.09. The third-order valence-corrected chi connectivity index (χ3v) is 5.54. The molecule has 2 N–H and O–H groups in total. The van der Waals surface area contributed by atoms with Gasteiger partial charge in [-0.1, -0.05) is 91.0 Å². The average molecular weight is 429 g/mol. The molecule has 3 aromatic carbocycles. The van der Waals surface area contributed by atoms with E-state index in [1.165, 1.54) is 22.3 Å². The minimum atomic E-state index is -0.935. The number of aliphatic hydroxyl groups is 2. The van der Waals surface area contributed by atoms with Gasteiger partial charge in [-0.15, -0.1) is 0 Å². The van der Waals surface area contributed by atoms with Crippen molar-refractivity contribution in [3.05, 3.63) is 103 Å². The van der Waals surface area contributed by atoms with Gasteiger partial charge in [0.15, 0.2) is 5.79 Å². The first kappa shape index (κ1) is 22.2. The number of hydrogen-bond donors (Lipinski definition) is 2. The molecule has 0 amide bonds. The van der Waals surface area contributed by atoms with Crippen LogP contribution in [-0.2, 0) is 9.47 Å². The maximum atomic E-state index is 9.09. The van der Waals surface area contributed by atoms with Crippen molar-refractivity contribution in [3.63, 3.8) is 0 Å². The topological polar surface area (TPSA) is 58.9 Å². The zero-order chi connectivity index (χ0) is 22.2. The summed E-state index contributed by atoms with van der Waals surface area (Å²) >= 11 is 0. The van der Waals surface area contributed by atoms with E-state index in [2.05, 4.69) is 78.9 Å². The summed E-state index contributed by atoms with van der Waals surface area (Å²) in [6, 6.07) is 27.5. The molecule has 3 aromatic rings. The molecule has 0 aliphatic heterocycles. The lowest BCUT2D eigenvalue weighted by Gasteiger charge is -2.32. The van der Waals surface area contributed by atoms with Crippen LogP contribution in [0.4, 0.5) is 0 Å². The molecule has 4 nitrogen and oxygen atoms in total. The summed E-state index contributed by atoms with van der Waals surface area (Å²) < 4.78 is 11.4. The Morgan fingerprint density at radius 2 is 1.09 bits per heavy atom. The fourth-order valence-corrected chi connectivity index (χ4v) is 3.85. The third kappa shape index (κ3) is 5.23. The molecule has 0 atom stereocenters. The number of allylic oxidation sites excluding steroid dienone is 2. The van der Waals surface area contributed by atoms with E-state index in [1.54, 1.807) is 0 Å². The van der Waals surface area contributed by atoms with Crippen molar-refractivity contribution in [1.82, 2.24) is 0 Å². The van der Waals surface area contributed by atoms with Gasteiger partial charge in [-0.2, -0.15) is 0 Å². The molecule has 0 spiro atoms. The van der Waals surface area contributed by atoms with E-state index < -0.39 is 5.79 Å². The van der Waals surface area contributed by atoms with Crippen LogP contribution in [-0.4, -0.2) is 42.4 Å². The van der Waals surface area contributed by atoms with Gasteiger partial charge in [0.05, 0.1) is 26.4 Å². The quantitative estimate of drug-likeness (QED) is 0.467. The first-order valence-electron chi connectivity index (χ1n) is 10.9. The van der Waals surface area contributed by atoms with Crippen LogP contribution >= 0.6 is 0 Å². The van der Waals surface area contributed by atoms with Gasteiger partial charge < -0.3 is 19.7 Å². The lowest BCUT2D eigenvalue weighted by Crippen LogP contribution is -2.36. The molecule has 1 aliphatic rings. The van der Waals surface area contributed by atoms with Gasteiger partial charge in [0, 0.05) is 6.42 Å². The lowest BCUT2D eigenvalue weighted by molar-refractivity contribution is -0.209. The van der Waals surface area contributed by atoms with Crippen LogP contribution in [0.3, 0.4) is 0 Å². The normalized spacial score (nSPS) is 14.9. The molecule has 164 valence electrons. The molecule has 4 rings (SSSR count). The third-order valence-electron chi connectivity index (χ3n) is 5.54. The molecule has 0 saturated heterocycles. The van der Waals surface area contributed by atoms with Crippen LogP contribution in [0.5, 0.6) is 0 Å². The Morgan fingerprint density at radius 3 is 1.53 bits per heavy atom. The second kappa shape index (κ2) is 10.5. The van der Waals surface area contributed by atoms with Gasteiger partial charge >= 0.3 is 0 Å². The highest BCUT2D eigenvalue weighted by Crippen LogP contribution is 2.32. The Bertz CT molecular complexity index is 1040. The van der Waals surface area contributed by atoms with Gasteiger partial charge in [0.1, 0.15) is 0 Å². The molecule has 0 radical (unpaired) electrons. The summed E-state index contributed by atoms with van der Waals surface area (Å²) in [7, 11) is 0. The van der Waals surface area contributed by atoms with E-state index in [1.807, 2.05) is 18.2 Å². The fourth-order valence-electron chi connectivity index (χ4n) is 3.85. The van der Waals surface area contributed by atoms with Crippen molar-refractivity contribution in [2.24, 2.45) is 0 Å². The molecule has 32 heavy (non-hydrogen) atoms. The first-order valence-corrected chi connectivity index (χ1v) is 10.9. The van der Waals surface area contributed by atoms with E-state index in [9.17, 15) is 0 Å². The minimum Gasteiger partial charge on any atom is -0.394 e. The standard InChI is InChI=1S/C28H28O4/c29-18-20-31-28(32-21-19-30)16-14-27(15-17-28)26-12-10-25(11-13-26)24-8-6-23(7-9-24)22-4-2-1-3-5-22/h1-16,29-30H,17-21H2. The van der Waals surface area contributed by atoms with Crippen LogP contribution in [0.25, 0.3) is 27.8 Å². The molecule has 1 aliphatic carbocycles. The largest absolute Gasteiger partial charge is 0.394 e. The molecule has 0 fully saturated rings. The highest BCUT2D eigenvalue weighted by atomic mass is 16.7. The predicted molar refractivity (Wildman–Crippen MR) is 128 cm³/mol. The Morgan fingerprint density at radius 1 is 0.625 bits per heavy atom. The number of benzene rings is 3. The zero-order valence-corrected chi connectivity index (χ0v) is 18.0. The van der Waals surface area contributed by atoms with Crippen LogP contribution < -0.4 is 0 Å². The van der Waals surface area contributed by atoms with E-state index in [4.69, 9.17) is 19.7 Å². The molecule has 0 saturated carbocycles. The van der Waals surface area contributed by atoms with Crippen LogP contribution in [0.15, 0.2) is 97.1 Å². The fraction of sp³-hybridized carbons (Fsp3) is 0.214. The Kier molecular flexibility index (Phi) is 7.30. The molecule has 0 aromatic heterocycles. The molecular formula is C28H28O4. The molecular weight excluding hydrogens is 400 g/mol. The van der Waals surface area contributed by atoms with Crippen molar-refractivity contribution in [3.8, 4) is 22.3 Å². The van der Waals surface area contributed by atoms with E-state index in [-0.39, 0.29) is 26.4 Å². The van der Waals surface area contributed by atoms with Gasteiger partial charge in [-0.05, 0) is 39.5 Å². The van der Waals surface area contributed by atoms with Crippen molar-refractivity contribution in [2.75, 3.05) is 26.4 Å². The lowest BCUT2D eigenvalue weighted by atomic mass is 9.94. The minimum absolute atomic E-state index is 0.0809. The number of aliphatic hydroxyl groups excluding tert-OH is 2. The molecule has 0 heterocycles. The molecule has 0 bridgehead atoms. The Balaban J connectivity index is 1.46. The Labute approximate surface area is 189 Å². The number of hydrogen-bond acceptors (Lipinski definition) is 4. The van der Waals surface area contributed by atoms with Gasteiger partial charge in [0.2, 0.25) is 0 Å². The second-order valence-corrected chi connectivity index (χ2v) is 7.67. The highest BCUT2D eigenvalue weighted by molar-refractivity contribution is 5.77. The summed E-state index contributed by atoms with van der Waals surface area (Å²) in [5.41, 5.74) is 6.97. The SMILES string of the molecule is OCCOC1(OCCO)C=CC(c2ccc(-c3ccc(-c4ccccc4)cc3)cc2)=CC1. The van der Waals surface area contributed by atoms with Crippen molar-refractivity contribution in [1.29, 1.82) is 0 Å². The summed E-state index contributed by atoms with van der Waals surface area (Å²) in [5, 5.41) is 18.2. The van der Waals surface area contributed by atoms with Crippen molar-refractivity contribution >= 4 is 5.57 Å². The van der Waals surface area contributed by atoms with Gasteiger partial charge in [-0.25, -0.2) is 0 Å². The van der Waals surface area contributed by atoms with Gasteiger partial charge in [0.25, 0.3) is 0 Å². The Hall–Kier alpha value is -3.02. The summed E-state index contributed by atoms with van der Waals surface area (Å²) in [4.78, 5) is 0. The molecule has 4 heteroatoms. The van der Waals surface area contributed by atoms with Crippen LogP contribution in [0.2, 0.25) is 0 Å². The number of rotatable bonds is 9. The monoisotopic (exact) mass is 428 g/mol. The van der Waals surface area contributed by atoms with Crippen LogP contribution in [0.1, 0.15) is 12.0 Å². The zero-order valence-electron chi connectivity index (χ0n) is 18.0. The van der Waals surface area contributed by atoms with Crippen molar-refractivity contribution in [2.45, 2.75) is 12.2 Å². The number of ether oxygens (including phenoxy) is 2. The highest BCUT2D eigenvalue weighted by Gasteiger charge is 2.30. The predicted octanol–water partition coefficient (Wildman–Crippen LogP) is 5.08. The smallest absolute Gasteiger partial charge is 0.191 e.